The number of ether oxygens (including phenoxy) is 1. The zero-order chi connectivity index (χ0) is 20.0. The highest BCUT2D eigenvalue weighted by atomic mass is 32.2. The Bertz CT molecular complexity index is 876. The maximum atomic E-state index is 12.6. The number of amides is 1. The summed E-state index contributed by atoms with van der Waals surface area (Å²) in [6.07, 6.45) is 1.000. The molecule has 1 aliphatic rings. The molecule has 1 aliphatic heterocycles. The highest BCUT2D eigenvalue weighted by molar-refractivity contribution is 7.89. The Morgan fingerprint density at radius 3 is 2.36 bits per heavy atom. The van der Waals surface area contributed by atoms with Crippen LogP contribution in [0.3, 0.4) is 0 Å². The van der Waals surface area contributed by atoms with Gasteiger partial charge < -0.3 is 9.64 Å². The summed E-state index contributed by atoms with van der Waals surface area (Å²) in [5.41, 5.74) is 1.85. The van der Waals surface area contributed by atoms with Gasteiger partial charge in [-0.25, -0.2) is 13.1 Å². The van der Waals surface area contributed by atoms with Crippen molar-refractivity contribution in [1.29, 1.82) is 0 Å². The molecule has 0 saturated carbocycles. The molecule has 1 atom stereocenters. The van der Waals surface area contributed by atoms with Crippen LogP contribution in [0, 0.1) is 0 Å². The molecular formula is C21H26N2O4S. The highest BCUT2D eigenvalue weighted by Crippen LogP contribution is 2.18. The molecule has 0 bridgehead atoms. The van der Waals surface area contributed by atoms with E-state index in [9.17, 15) is 13.2 Å². The zero-order valence-electron chi connectivity index (χ0n) is 16.0. The van der Waals surface area contributed by atoms with E-state index in [4.69, 9.17) is 4.74 Å². The van der Waals surface area contributed by atoms with Gasteiger partial charge in [-0.2, -0.15) is 0 Å². The van der Waals surface area contributed by atoms with Crippen LogP contribution in [0.15, 0.2) is 59.5 Å². The third kappa shape index (κ3) is 5.41. The first-order valence-corrected chi connectivity index (χ1v) is 11.0. The molecule has 0 aliphatic carbocycles. The fraction of sp³-hybridized carbons (Fsp3) is 0.381. The number of rotatable bonds is 7. The number of nitrogens with zero attached hydrogens (tertiary/aromatic N) is 1. The molecule has 1 saturated heterocycles. The predicted octanol–water partition coefficient (Wildman–Crippen LogP) is 2.52. The van der Waals surface area contributed by atoms with Gasteiger partial charge in [-0.15, -0.1) is 0 Å². The fourth-order valence-corrected chi connectivity index (χ4v) is 4.40. The van der Waals surface area contributed by atoms with E-state index in [2.05, 4.69) is 4.72 Å². The first kappa shape index (κ1) is 20.5. The van der Waals surface area contributed by atoms with Crippen LogP contribution < -0.4 is 4.72 Å². The number of carbonyl (C=O) groups is 1. The number of hydrogen-bond donors (Lipinski definition) is 1. The van der Waals surface area contributed by atoms with Gasteiger partial charge in [0.15, 0.2) is 0 Å². The maximum Gasteiger partial charge on any atom is 0.241 e. The van der Waals surface area contributed by atoms with E-state index in [0.29, 0.717) is 39.1 Å². The second kappa shape index (κ2) is 9.32. The normalized spacial score (nSPS) is 16.0. The van der Waals surface area contributed by atoms with E-state index in [-0.39, 0.29) is 16.8 Å². The van der Waals surface area contributed by atoms with Gasteiger partial charge >= 0.3 is 0 Å². The Labute approximate surface area is 166 Å². The van der Waals surface area contributed by atoms with Crippen LogP contribution in [0.5, 0.6) is 0 Å². The molecule has 1 N–H and O–H groups in total. The minimum Gasteiger partial charge on any atom is -0.378 e. The number of hydrogen-bond acceptors (Lipinski definition) is 4. The molecule has 6 nitrogen and oxygen atoms in total. The van der Waals surface area contributed by atoms with E-state index < -0.39 is 10.0 Å². The van der Waals surface area contributed by atoms with E-state index in [0.717, 1.165) is 11.1 Å². The van der Waals surface area contributed by atoms with Gasteiger partial charge in [0.2, 0.25) is 15.9 Å². The van der Waals surface area contributed by atoms with E-state index in [1.165, 1.54) is 0 Å². The highest BCUT2D eigenvalue weighted by Gasteiger charge is 2.19. The Morgan fingerprint density at radius 2 is 1.71 bits per heavy atom. The molecule has 0 radical (unpaired) electrons. The lowest BCUT2D eigenvalue weighted by Gasteiger charge is -2.26. The first-order chi connectivity index (χ1) is 13.5. The van der Waals surface area contributed by atoms with Crippen LogP contribution in [-0.4, -0.2) is 45.5 Å². The second-order valence-electron chi connectivity index (χ2n) is 6.89. The molecule has 7 heteroatoms. The van der Waals surface area contributed by atoms with Crippen molar-refractivity contribution in [2.75, 3.05) is 26.3 Å². The van der Waals surface area contributed by atoms with E-state index in [1.807, 2.05) is 42.2 Å². The van der Waals surface area contributed by atoms with Crippen LogP contribution in [0.1, 0.15) is 30.5 Å². The lowest BCUT2D eigenvalue weighted by molar-refractivity contribution is -0.135. The molecule has 28 heavy (non-hydrogen) atoms. The lowest BCUT2D eigenvalue weighted by atomic mass is 10.1. The fourth-order valence-electron chi connectivity index (χ4n) is 3.17. The summed E-state index contributed by atoms with van der Waals surface area (Å²) in [7, 11) is -3.61. The molecule has 150 valence electrons. The van der Waals surface area contributed by atoms with Crippen molar-refractivity contribution in [2.24, 2.45) is 0 Å². The van der Waals surface area contributed by atoms with Crippen molar-refractivity contribution in [1.82, 2.24) is 9.62 Å². The molecule has 2 aromatic carbocycles. The largest absolute Gasteiger partial charge is 0.378 e. The molecule has 2 aromatic rings. The average molecular weight is 403 g/mol. The summed E-state index contributed by atoms with van der Waals surface area (Å²) in [5.74, 6) is 0.110. The number of carbonyl (C=O) groups excluding carboxylic acids is 1. The minimum atomic E-state index is -3.61. The number of aryl methyl sites for hydroxylation is 1. The average Bonchev–Trinajstić information content (AvgIpc) is 2.73. The number of sulfonamides is 1. The summed E-state index contributed by atoms with van der Waals surface area (Å²) in [6.45, 7) is 4.28. The van der Waals surface area contributed by atoms with Crippen molar-refractivity contribution >= 4 is 15.9 Å². The summed E-state index contributed by atoms with van der Waals surface area (Å²) >= 11 is 0. The summed E-state index contributed by atoms with van der Waals surface area (Å²) < 4.78 is 33.2. The molecule has 0 spiro atoms. The first-order valence-electron chi connectivity index (χ1n) is 9.47. The van der Waals surface area contributed by atoms with Crippen LogP contribution >= 0.6 is 0 Å². The number of benzene rings is 2. The van der Waals surface area contributed by atoms with Crippen molar-refractivity contribution in [3.8, 4) is 0 Å². The molecule has 1 amide bonds. The van der Waals surface area contributed by atoms with Crippen LogP contribution in [-0.2, 0) is 26.0 Å². The van der Waals surface area contributed by atoms with Gasteiger partial charge in [0.05, 0.1) is 18.1 Å². The molecule has 1 fully saturated rings. The van der Waals surface area contributed by atoms with Gasteiger partial charge in [-0.05, 0) is 36.6 Å². The number of morpholine rings is 1. The maximum absolute atomic E-state index is 12.6. The Balaban J connectivity index is 1.57. The van der Waals surface area contributed by atoms with Gasteiger partial charge in [0.25, 0.3) is 0 Å². The minimum absolute atomic E-state index is 0.110. The van der Waals surface area contributed by atoms with Crippen LogP contribution in [0.25, 0.3) is 0 Å². The topological polar surface area (TPSA) is 75.7 Å². The summed E-state index contributed by atoms with van der Waals surface area (Å²) in [4.78, 5) is 14.3. The van der Waals surface area contributed by atoms with Crippen LogP contribution in [0.4, 0.5) is 0 Å². The molecule has 3 rings (SSSR count). The quantitative estimate of drug-likeness (QED) is 0.772. The Kier molecular flexibility index (Phi) is 6.83. The predicted molar refractivity (Wildman–Crippen MR) is 107 cm³/mol. The second-order valence-corrected chi connectivity index (χ2v) is 8.60. The molecule has 1 heterocycles. The summed E-state index contributed by atoms with van der Waals surface area (Å²) in [5, 5.41) is 0. The standard InChI is InChI=1S/C21H26N2O4S/c1-17(19-5-3-2-4-6-19)22-28(25,26)20-10-7-18(8-11-20)9-12-21(24)23-13-15-27-16-14-23/h2-8,10-11,17,22H,9,12-16H2,1H3. The molecule has 0 aromatic heterocycles. The van der Waals surface area contributed by atoms with E-state index in [1.54, 1.807) is 24.3 Å². The summed E-state index contributed by atoms with van der Waals surface area (Å²) in [6, 6.07) is 15.8. The van der Waals surface area contributed by atoms with Crippen molar-refractivity contribution in [3.05, 3.63) is 65.7 Å². The van der Waals surface area contributed by atoms with Crippen molar-refractivity contribution in [2.45, 2.75) is 30.7 Å². The van der Waals surface area contributed by atoms with Crippen molar-refractivity contribution in [3.63, 3.8) is 0 Å². The monoisotopic (exact) mass is 402 g/mol. The Morgan fingerprint density at radius 1 is 1.07 bits per heavy atom. The molecule has 1 unspecified atom stereocenters. The smallest absolute Gasteiger partial charge is 0.241 e. The zero-order valence-corrected chi connectivity index (χ0v) is 16.8. The van der Waals surface area contributed by atoms with Crippen molar-refractivity contribution < 1.29 is 17.9 Å². The van der Waals surface area contributed by atoms with E-state index >= 15 is 0 Å². The van der Waals surface area contributed by atoms with Crippen LogP contribution in [0.2, 0.25) is 0 Å². The third-order valence-electron chi connectivity index (χ3n) is 4.86. The molecular weight excluding hydrogens is 376 g/mol. The van der Waals surface area contributed by atoms with Gasteiger partial charge in [-0.1, -0.05) is 42.5 Å². The SMILES string of the molecule is CC(NS(=O)(=O)c1ccc(CCC(=O)N2CCOCC2)cc1)c1ccccc1. The Hall–Kier alpha value is -2.22. The van der Waals surface area contributed by atoms with Gasteiger partial charge in [0, 0.05) is 25.6 Å². The lowest BCUT2D eigenvalue weighted by Crippen LogP contribution is -2.40. The number of nitrogens with one attached hydrogen (secondary N) is 1. The third-order valence-corrected chi connectivity index (χ3v) is 6.41. The van der Waals surface area contributed by atoms with Gasteiger partial charge in [-0.3, -0.25) is 4.79 Å². The van der Waals surface area contributed by atoms with Gasteiger partial charge in [0.1, 0.15) is 0 Å².